The largest absolute Gasteiger partial charge is 0.491 e. The number of imide groups is 1. The molecule has 0 saturated heterocycles. The molecule has 1 aliphatic heterocycles. The summed E-state index contributed by atoms with van der Waals surface area (Å²) in [5.74, 6) is -0.565. The average Bonchev–Trinajstić information content (AvgIpc) is 2.85. The summed E-state index contributed by atoms with van der Waals surface area (Å²) in [5, 5.41) is 22.2. The van der Waals surface area contributed by atoms with E-state index in [1.807, 2.05) is 13.8 Å². The van der Waals surface area contributed by atoms with Crippen molar-refractivity contribution in [2.75, 3.05) is 26.3 Å². The molecule has 2 rings (SSSR count). The van der Waals surface area contributed by atoms with Gasteiger partial charge >= 0.3 is 0 Å². The summed E-state index contributed by atoms with van der Waals surface area (Å²) in [6, 6.07) is 4.76. The minimum Gasteiger partial charge on any atom is -0.491 e. The third-order valence-corrected chi connectivity index (χ3v) is 3.87. The number of rotatable bonds is 11. The van der Waals surface area contributed by atoms with Crippen molar-refractivity contribution >= 4 is 11.8 Å². The van der Waals surface area contributed by atoms with Gasteiger partial charge in [0.05, 0.1) is 17.7 Å². The Kier molecular flexibility index (Phi) is 7.08. The molecule has 0 aromatic heterocycles. The topological polar surface area (TPSA) is 131 Å². The molecule has 27 heavy (non-hydrogen) atoms. The van der Waals surface area contributed by atoms with Gasteiger partial charge in [-0.1, -0.05) is 13.8 Å². The normalized spacial score (nSPS) is 14.4. The van der Waals surface area contributed by atoms with Crippen LogP contribution in [0.5, 0.6) is 5.75 Å². The number of hydrogen-bond acceptors (Lipinski definition) is 8. The molecule has 0 radical (unpaired) electrons. The molecule has 1 atom stereocenters. The molecule has 10 nitrogen and oxygen atoms in total. The van der Waals surface area contributed by atoms with Crippen molar-refractivity contribution < 1.29 is 29.4 Å². The van der Waals surface area contributed by atoms with E-state index in [0.29, 0.717) is 12.3 Å². The molecule has 0 aliphatic carbocycles. The van der Waals surface area contributed by atoms with E-state index in [0.717, 1.165) is 4.90 Å². The van der Waals surface area contributed by atoms with Crippen molar-refractivity contribution in [1.82, 2.24) is 10.2 Å². The summed E-state index contributed by atoms with van der Waals surface area (Å²) >= 11 is 0. The lowest BCUT2D eigenvalue weighted by Gasteiger charge is -2.15. The van der Waals surface area contributed by atoms with E-state index in [9.17, 15) is 24.8 Å². The quantitative estimate of drug-likeness (QED) is 0.247. The van der Waals surface area contributed by atoms with E-state index >= 15 is 0 Å². The molecule has 1 heterocycles. The number of amides is 2. The predicted octanol–water partition coefficient (Wildman–Crippen LogP) is 0.619. The molecule has 0 fully saturated rings. The lowest BCUT2D eigenvalue weighted by atomic mass is 10.1. The Morgan fingerprint density at radius 2 is 1.96 bits per heavy atom. The first kappa shape index (κ1) is 20.6. The molecule has 0 saturated carbocycles. The maximum absolute atomic E-state index is 12.4. The monoisotopic (exact) mass is 381 g/mol. The van der Waals surface area contributed by atoms with Crippen LogP contribution in [0.3, 0.4) is 0 Å². The van der Waals surface area contributed by atoms with Gasteiger partial charge in [0, 0.05) is 19.1 Å². The third-order valence-electron chi connectivity index (χ3n) is 3.87. The second-order valence-electron chi connectivity index (χ2n) is 6.41. The van der Waals surface area contributed by atoms with Gasteiger partial charge in [-0.05, 0) is 24.6 Å². The van der Waals surface area contributed by atoms with Gasteiger partial charge in [-0.15, -0.1) is 10.1 Å². The van der Waals surface area contributed by atoms with Crippen LogP contribution in [0.4, 0.5) is 0 Å². The Morgan fingerprint density at radius 3 is 2.63 bits per heavy atom. The number of aliphatic hydroxyl groups is 1. The van der Waals surface area contributed by atoms with Crippen LogP contribution in [-0.4, -0.2) is 65.4 Å². The second-order valence-corrected chi connectivity index (χ2v) is 6.41. The number of fused-ring (bicyclic) bond motifs is 1. The molecule has 0 bridgehead atoms. The third kappa shape index (κ3) is 5.63. The van der Waals surface area contributed by atoms with Gasteiger partial charge in [0.2, 0.25) is 0 Å². The highest BCUT2D eigenvalue weighted by molar-refractivity contribution is 6.21. The highest BCUT2D eigenvalue weighted by Crippen LogP contribution is 2.27. The summed E-state index contributed by atoms with van der Waals surface area (Å²) < 4.78 is 5.50. The molecule has 2 amide bonds. The van der Waals surface area contributed by atoms with E-state index < -0.39 is 23.0 Å². The molecule has 1 unspecified atom stereocenters. The summed E-state index contributed by atoms with van der Waals surface area (Å²) in [5.41, 5.74) is 0.465. The number of ether oxygens (including phenoxy) is 1. The van der Waals surface area contributed by atoms with Gasteiger partial charge in [-0.25, -0.2) is 0 Å². The second kappa shape index (κ2) is 9.28. The fourth-order valence-corrected chi connectivity index (χ4v) is 2.55. The number of hydrogen-bond donors (Lipinski definition) is 2. The van der Waals surface area contributed by atoms with Crippen LogP contribution in [0.25, 0.3) is 0 Å². The number of carbonyl (C=O) groups excluding carboxylic acids is 2. The fraction of sp³-hybridized carbons (Fsp3) is 0.529. The van der Waals surface area contributed by atoms with Crippen molar-refractivity contribution in [3.05, 3.63) is 39.4 Å². The Bertz CT molecular complexity index is 708. The molecule has 1 aromatic carbocycles. The number of nitrogens with one attached hydrogen (secondary N) is 1. The Labute approximate surface area is 156 Å². The number of carbonyl (C=O) groups is 2. The van der Waals surface area contributed by atoms with E-state index in [1.54, 1.807) is 6.07 Å². The summed E-state index contributed by atoms with van der Waals surface area (Å²) in [4.78, 5) is 40.1. The number of nitrogens with zero attached hydrogens (tertiary/aromatic N) is 2. The van der Waals surface area contributed by atoms with Crippen LogP contribution in [0.15, 0.2) is 18.2 Å². The van der Waals surface area contributed by atoms with Crippen LogP contribution < -0.4 is 10.1 Å². The van der Waals surface area contributed by atoms with Crippen LogP contribution in [-0.2, 0) is 4.84 Å². The van der Waals surface area contributed by atoms with Gasteiger partial charge in [0.25, 0.3) is 16.9 Å². The Hall–Kier alpha value is -2.72. The van der Waals surface area contributed by atoms with E-state index in [2.05, 4.69) is 10.2 Å². The maximum Gasteiger partial charge on any atom is 0.294 e. The minimum absolute atomic E-state index is 0.0238. The lowest BCUT2D eigenvalue weighted by Crippen LogP contribution is -2.35. The Morgan fingerprint density at radius 1 is 1.26 bits per heavy atom. The zero-order chi connectivity index (χ0) is 20.0. The van der Waals surface area contributed by atoms with Crippen LogP contribution in [0, 0.1) is 10.1 Å². The van der Waals surface area contributed by atoms with Crippen molar-refractivity contribution in [2.24, 2.45) is 0 Å². The first-order valence-corrected chi connectivity index (χ1v) is 8.61. The molecule has 1 aliphatic rings. The molecular formula is C17H23N3O7. The predicted molar refractivity (Wildman–Crippen MR) is 94.0 cm³/mol. The first-order chi connectivity index (χ1) is 12.8. The summed E-state index contributed by atoms with van der Waals surface area (Å²) in [6.07, 6.45) is -0.554. The fourth-order valence-electron chi connectivity index (χ4n) is 2.55. The SMILES string of the molecule is CC(C)NCC(O)COc1ccc2c(c1)C(=O)N(CCCO[N+](=O)[O-])C2=O. The standard InChI is InChI=1S/C17H23N3O7/c1-11(2)18-9-12(21)10-26-13-4-5-14-15(8-13)17(23)19(16(14)22)6-3-7-27-20(24)25/h4-5,8,11-12,18,21H,3,6-7,9-10H2,1-2H3. The van der Waals surface area contributed by atoms with E-state index in [4.69, 9.17) is 4.74 Å². The molecule has 148 valence electrons. The van der Waals surface area contributed by atoms with Crippen LogP contribution in [0.1, 0.15) is 41.0 Å². The first-order valence-electron chi connectivity index (χ1n) is 8.61. The van der Waals surface area contributed by atoms with E-state index in [-0.39, 0.29) is 43.3 Å². The lowest BCUT2D eigenvalue weighted by molar-refractivity contribution is -0.757. The van der Waals surface area contributed by atoms with Crippen molar-refractivity contribution in [2.45, 2.75) is 32.4 Å². The summed E-state index contributed by atoms with van der Waals surface area (Å²) in [7, 11) is 0. The molecule has 0 spiro atoms. The van der Waals surface area contributed by atoms with Crippen molar-refractivity contribution in [3.8, 4) is 5.75 Å². The molecule has 10 heteroatoms. The highest BCUT2D eigenvalue weighted by atomic mass is 16.9. The minimum atomic E-state index is -0.920. The number of aliphatic hydroxyl groups excluding tert-OH is 1. The zero-order valence-corrected chi connectivity index (χ0v) is 15.2. The Balaban J connectivity index is 1.93. The van der Waals surface area contributed by atoms with Gasteiger partial charge in [-0.3, -0.25) is 14.5 Å². The van der Waals surface area contributed by atoms with Gasteiger partial charge in [-0.2, -0.15) is 0 Å². The number of benzene rings is 1. The van der Waals surface area contributed by atoms with Crippen molar-refractivity contribution in [3.63, 3.8) is 0 Å². The van der Waals surface area contributed by atoms with Gasteiger partial charge in [0.15, 0.2) is 0 Å². The smallest absolute Gasteiger partial charge is 0.294 e. The molecule has 2 N–H and O–H groups in total. The highest BCUT2D eigenvalue weighted by Gasteiger charge is 2.35. The maximum atomic E-state index is 12.4. The van der Waals surface area contributed by atoms with Crippen LogP contribution >= 0.6 is 0 Å². The van der Waals surface area contributed by atoms with Gasteiger partial charge in [0.1, 0.15) is 18.5 Å². The molecule has 1 aromatic rings. The zero-order valence-electron chi connectivity index (χ0n) is 15.2. The van der Waals surface area contributed by atoms with E-state index in [1.165, 1.54) is 12.1 Å². The van der Waals surface area contributed by atoms with Gasteiger partial charge < -0.3 is 20.0 Å². The van der Waals surface area contributed by atoms with Crippen LogP contribution in [0.2, 0.25) is 0 Å². The van der Waals surface area contributed by atoms with Crippen molar-refractivity contribution in [1.29, 1.82) is 0 Å². The summed E-state index contributed by atoms with van der Waals surface area (Å²) in [6.45, 7) is 4.17. The average molecular weight is 381 g/mol. The molecular weight excluding hydrogens is 358 g/mol.